The molecule has 0 spiro atoms. The second-order valence-electron chi connectivity index (χ2n) is 28.5. The number of hydrogen-bond donors (Lipinski definition) is 26. The van der Waals surface area contributed by atoms with Gasteiger partial charge in [0.2, 0.25) is 0 Å². The van der Waals surface area contributed by atoms with Crippen molar-refractivity contribution in [1.29, 1.82) is 0 Å². The van der Waals surface area contributed by atoms with Crippen LogP contribution in [0.5, 0.6) is 0 Å². The highest BCUT2D eigenvalue weighted by atomic mass is 16.8. The van der Waals surface area contributed by atoms with Gasteiger partial charge in [0, 0.05) is 30.1 Å². The Bertz CT molecular complexity index is 2690. The summed E-state index contributed by atoms with van der Waals surface area (Å²) in [5.74, 6) is -9.45. The van der Waals surface area contributed by atoms with E-state index < -0.39 is 353 Å². The van der Waals surface area contributed by atoms with E-state index in [0.717, 1.165) is 0 Å². The summed E-state index contributed by atoms with van der Waals surface area (Å²) in [5, 5.41) is 275. The standard InChI is InChI=1S/C62H107NO43/c1-16-20(5)91-27(12-69)46(33(16)75)99-55-18(3)34(76)47(28(13-70)96-55)100-57-44(86)50(102-60-53(43(85)39(81)25(10-67)95-60)104-54-17(2)32(74)37(79)23(8-65)92-54)41(83)30(98-57)15-90-59-52(42(84)38(80)24(9-66)94-59)103-56-19(4)35(77)48(29(14-71)97-56)101-58-45(87)51(40(82)26(11-68)93-58)106-62(61(88)89)6-21(72)31(63)49(105-62)36(78)22(73)7-64/h16-60,64-87H,6-15,63H2,1-5H3,(H,88,89)/t16?,17-,18-,19?,20-,21+,22+,23?,24?,25+,26?,27?,28?,29-,30?,31+,32?,33+,34?,35?,36+,37+,38+,39+,40-,41+,42?,43?,44+,45-,46+,47+,48+,49?,50?,51?,52+,53?,54-,55-,56-,57-,58-,59-,60+,62-/m0/s1. The molecule has 27 N–H and O–H groups in total. The van der Waals surface area contributed by atoms with Crippen LogP contribution < -0.4 is 5.73 Å². The molecule has 0 aromatic carbocycles. The van der Waals surface area contributed by atoms with Crippen molar-refractivity contribution in [3.63, 3.8) is 0 Å². The van der Waals surface area contributed by atoms with E-state index in [1.807, 2.05) is 0 Å². The van der Waals surface area contributed by atoms with Gasteiger partial charge >= 0.3 is 5.97 Å². The molecule has 9 fully saturated rings. The van der Waals surface area contributed by atoms with E-state index in [0.29, 0.717) is 0 Å². The molecule has 9 aliphatic heterocycles. The van der Waals surface area contributed by atoms with Gasteiger partial charge in [-0.15, -0.1) is 0 Å². The summed E-state index contributed by atoms with van der Waals surface area (Å²) in [6, 6.07) is -1.62. The van der Waals surface area contributed by atoms with Gasteiger partial charge in [0.25, 0.3) is 5.79 Å². The molecule has 9 aliphatic rings. The number of ether oxygens (including phenoxy) is 17. The van der Waals surface area contributed by atoms with E-state index in [-0.39, 0.29) is 0 Å². The number of carbonyl (C=O) groups is 1. The van der Waals surface area contributed by atoms with Gasteiger partial charge < -0.3 is 214 Å². The zero-order valence-corrected chi connectivity index (χ0v) is 58.2. The summed E-state index contributed by atoms with van der Waals surface area (Å²) in [4.78, 5) is 13.0. The summed E-state index contributed by atoms with van der Waals surface area (Å²) in [7, 11) is 0. The third-order valence-corrected chi connectivity index (χ3v) is 21.5. The summed E-state index contributed by atoms with van der Waals surface area (Å²) in [5.41, 5.74) is 5.99. The number of aliphatic carboxylic acids is 1. The minimum Gasteiger partial charge on any atom is -0.477 e. The van der Waals surface area contributed by atoms with E-state index in [1.54, 1.807) is 13.8 Å². The fourth-order valence-electron chi connectivity index (χ4n) is 14.5. The molecule has 17 unspecified atom stereocenters. The largest absolute Gasteiger partial charge is 0.477 e. The Kier molecular flexibility index (Phi) is 30.9. The first-order valence-corrected chi connectivity index (χ1v) is 35.0. The highest BCUT2D eigenvalue weighted by Crippen LogP contribution is 2.43. The van der Waals surface area contributed by atoms with Gasteiger partial charge in [-0.05, 0) is 6.92 Å². The van der Waals surface area contributed by atoms with Crippen molar-refractivity contribution in [3.8, 4) is 0 Å². The van der Waals surface area contributed by atoms with Gasteiger partial charge in [-0.25, -0.2) is 4.79 Å². The lowest BCUT2D eigenvalue weighted by molar-refractivity contribution is -0.400. The van der Waals surface area contributed by atoms with Crippen molar-refractivity contribution < 1.29 is 213 Å². The van der Waals surface area contributed by atoms with Gasteiger partial charge in [0.05, 0.1) is 102 Å². The van der Waals surface area contributed by atoms with E-state index in [9.17, 15) is 132 Å². The molecule has 46 atom stereocenters. The maximum absolute atomic E-state index is 13.0. The summed E-state index contributed by atoms with van der Waals surface area (Å²) >= 11 is 0. The van der Waals surface area contributed by atoms with Gasteiger partial charge in [-0.2, -0.15) is 0 Å². The van der Waals surface area contributed by atoms with Crippen LogP contribution in [0.4, 0.5) is 0 Å². The fourth-order valence-corrected chi connectivity index (χ4v) is 14.5. The maximum atomic E-state index is 13.0. The zero-order chi connectivity index (χ0) is 78.1. The Balaban J connectivity index is 0.967. The minimum absolute atomic E-state index is 0.528. The molecule has 44 nitrogen and oxygen atoms in total. The number of carboxylic acids is 1. The van der Waals surface area contributed by atoms with Crippen molar-refractivity contribution in [1.82, 2.24) is 0 Å². The Morgan fingerprint density at radius 3 is 1.21 bits per heavy atom. The molecule has 9 heterocycles. The monoisotopic (exact) mass is 1550 g/mol. The van der Waals surface area contributed by atoms with E-state index >= 15 is 0 Å². The highest BCUT2D eigenvalue weighted by molar-refractivity contribution is 5.76. The van der Waals surface area contributed by atoms with Crippen molar-refractivity contribution in [2.24, 2.45) is 29.4 Å². The Labute approximate surface area is 604 Å². The van der Waals surface area contributed by atoms with Gasteiger partial charge in [-0.3, -0.25) is 0 Å². The molecule has 0 aliphatic carbocycles. The molecule has 44 heteroatoms. The molecule has 106 heavy (non-hydrogen) atoms. The lowest BCUT2D eigenvalue weighted by atomic mass is 9.88. The van der Waals surface area contributed by atoms with Gasteiger partial charge in [0.1, 0.15) is 165 Å². The van der Waals surface area contributed by atoms with Crippen LogP contribution in [-0.4, -0.2) is 450 Å². The SMILES string of the molecule is CC1C(O)[C@H](O[C@@H]2OC(CO)[C@H](O)C(O[C@]3(C(=O)O)C[C@@H](O)[C@@H](N)C([C@H](O)[C@H](O)CO)O3)[C@@H]2O)[C@H](CO)O[C@H]1O[C@@H]1C(O)[C@H](O)C(CO)O[C@@H]1OCC1O[C@@H](O[C@@H]2C(CO)O[C@@H](O[C@@H]3C(CO)O[C@@H](C)C(C)[C@H]3O)[C@@H](C)C2O)[C@H](O)C(O[C@H]2O[C@H](CO)[C@@H](O)C(O)C2O[C@@H]2OC(CO)[C@@H](O)C(O)[C@@H]2C)[C@@H]1O. The number of carboxylic acid groups (broad SMARTS) is 1. The van der Waals surface area contributed by atoms with Crippen LogP contribution in [0.1, 0.15) is 41.0 Å². The lowest BCUT2D eigenvalue weighted by Crippen LogP contribution is -2.70. The second kappa shape index (κ2) is 37.4. The number of rotatable bonds is 28. The lowest BCUT2D eigenvalue weighted by Gasteiger charge is -2.51. The normalized spacial score (nSPS) is 51.9. The van der Waals surface area contributed by atoms with Crippen LogP contribution >= 0.6 is 0 Å². The van der Waals surface area contributed by atoms with E-state index in [1.165, 1.54) is 20.8 Å². The molecule has 618 valence electrons. The summed E-state index contributed by atoms with van der Waals surface area (Å²) in [6.07, 6.45) is -75.2. The predicted octanol–water partition coefficient (Wildman–Crippen LogP) is -15.3. The maximum Gasteiger partial charge on any atom is 0.364 e. The molecular formula is C62H107NO43. The predicted molar refractivity (Wildman–Crippen MR) is 332 cm³/mol. The molecule has 9 rings (SSSR count). The molecule has 0 saturated carbocycles. The quantitative estimate of drug-likeness (QED) is 0.0346. The number of hydrogen-bond acceptors (Lipinski definition) is 43. The first-order valence-electron chi connectivity index (χ1n) is 35.0. The number of aliphatic hydroxyl groups excluding tert-OH is 24. The van der Waals surface area contributed by atoms with Gasteiger partial charge in [-0.1, -0.05) is 27.7 Å². The van der Waals surface area contributed by atoms with Crippen LogP contribution in [0.3, 0.4) is 0 Å². The van der Waals surface area contributed by atoms with Crippen LogP contribution in [0, 0.1) is 23.7 Å². The van der Waals surface area contributed by atoms with Crippen LogP contribution in [0.25, 0.3) is 0 Å². The molecule has 0 aromatic rings. The third-order valence-electron chi connectivity index (χ3n) is 21.5. The van der Waals surface area contributed by atoms with Crippen LogP contribution in [-0.2, 0) is 85.3 Å². The van der Waals surface area contributed by atoms with E-state index in [4.69, 9.17) is 86.3 Å². The smallest absolute Gasteiger partial charge is 0.364 e. The topological polar surface area (TPSA) is 706 Å². The molecule has 0 bridgehead atoms. The van der Waals surface area contributed by atoms with Gasteiger partial charge in [0.15, 0.2) is 44.0 Å². The zero-order valence-electron chi connectivity index (χ0n) is 58.2. The molecule has 9 saturated heterocycles. The van der Waals surface area contributed by atoms with Crippen molar-refractivity contribution in [2.75, 3.05) is 59.5 Å². The summed E-state index contributed by atoms with van der Waals surface area (Å²) < 4.78 is 102. The molecular weight excluding hydrogens is 1450 g/mol. The first-order chi connectivity index (χ1) is 50.1. The van der Waals surface area contributed by atoms with Crippen LogP contribution in [0.15, 0.2) is 0 Å². The van der Waals surface area contributed by atoms with Crippen LogP contribution in [0.2, 0.25) is 0 Å². The van der Waals surface area contributed by atoms with E-state index in [2.05, 4.69) is 0 Å². The Morgan fingerprint density at radius 1 is 0.387 bits per heavy atom. The van der Waals surface area contributed by atoms with Crippen molar-refractivity contribution in [2.45, 2.75) is 298 Å². The Hall–Kier alpha value is -2.21. The first kappa shape index (κ1) is 87.8. The average molecular weight is 1550 g/mol. The van der Waals surface area contributed by atoms with Crippen molar-refractivity contribution >= 4 is 5.97 Å². The molecule has 0 amide bonds. The number of nitrogens with two attached hydrogens (primary N) is 1. The molecule has 0 radical (unpaired) electrons. The average Bonchev–Trinajstić information content (AvgIpc) is 0.760. The minimum atomic E-state index is -3.13. The third kappa shape index (κ3) is 18.0. The number of aliphatic hydroxyl groups is 24. The molecule has 0 aromatic heterocycles. The highest BCUT2D eigenvalue weighted by Gasteiger charge is 2.62. The van der Waals surface area contributed by atoms with Crippen molar-refractivity contribution in [3.05, 3.63) is 0 Å². The Morgan fingerprint density at radius 2 is 0.736 bits per heavy atom. The second-order valence-corrected chi connectivity index (χ2v) is 28.5. The fraction of sp³-hybridized carbons (Fsp3) is 0.984. The summed E-state index contributed by atoms with van der Waals surface area (Å²) in [6.45, 7) is -1.42.